The van der Waals surface area contributed by atoms with Crippen LogP contribution in [0.25, 0.3) is 0 Å². The van der Waals surface area contributed by atoms with Crippen molar-refractivity contribution in [3.8, 4) is 0 Å². The SMILES string of the molecule is CCCCCCCC/C=C\C/C=C\C(O)CC(=O)NC(CO)C(O)CCCCCCCCCCCCCCCCCCCCCCC. The van der Waals surface area contributed by atoms with Crippen molar-refractivity contribution in [2.75, 3.05) is 6.61 Å². The van der Waals surface area contributed by atoms with Gasteiger partial charge in [0.15, 0.2) is 0 Å². The molecule has 0 aliphatic heterocycles. The van der Waals surface area contributed by atoms with Gasteiger partial charge in [0.25, 0.3) is 0 Å². The lowest BCUT2D eigenvalue weighted by Crippen LogP contribution is -2.46. The molecule has 5 heteroatoms. The van der Waals surface area contributed by atoms with Gasteiger partial charge in [-0.15, -0.1) is 0 Å². The summed E-state index contributed by atoms with van der Waals surface area (Å²) >= 11 is 0. The Kier molecular flexibility index (Phi) is 36.7. The van der Waals surface area contributed by atoms with E-state index in [4.69, 9.17) is 0 Å². The van der Waals surface area contributed by atoms with Crippen molar-refractivity contribution in [3.63, 3.8) is 0 Å². The number of carbonyl (C=O) groups is 1. The van der Waals surface area contributed by atoms with E-state index in [1.165, 1.54) is 161 Å². The third-order valence-electron chi connectivity index (χ3n) is 9.53. The maximum atomic E-state index is 12.4. The van der Waals surface area contributed by atoms with Crippen molar-refractivity contribution >= 4 is 5.91 Å². The lowest BCUT2D eigenvalue weighted by Gasteiger charge is -2.22. The number of aliphatic hydroxyl groups excluding tert-OH is 3. The Balaban J connectivity index is 3.65. The molecule has 0 bridgehead atoms. The molecule has 0 aliphatic rings. The van der Waals surface area contributed by atoms with Crippen LogP contribution < -0.4 is 5.32 Å². The van der Waals surface area contributed by atoms with Crippen LogP contribution in [0.3, 0.4) is 0 Å². The molecule has 278 valence electrons. The average Bonchev–Trinajstić information content (AvgIpc) is 3.06. The number of aliphatic hydroxyl groups is 3. The van der Waals surface area contributed by atoms with Crippen LogP contribution in [0.5, 0.6) is 0 Å². The molecule has 4 N–H and O–H groups in total. The minimum absolute atomic E-state index is 0.0689. The zero-order valence-corrected chi connectivity index (χ0v) is 31.4. The number of hydrogen-bond acceptors (Lipinski definition) is 4. The van der Waals surface area contributed by atoms with Gasteiger partial charge in [-0.2, -0.15) is 0 Å². The van der Waals surface area contributed by atoms with Crippen LogP contribution in [0, 0.1) is 0 Å². The molecular weight excluding hydrogens is 582 g/mol. The number of carbonyl (C=O) groups excluding carboxylic acids is 1. The molecule has 0 spiro atoms. The lowest BCUT2D eigenvalue weighted by atomic mass is 10.0. The summed E-state index contributed by atoms with van der Waals surface area (Å²) in [7, 11) is 0. The quantitative estimate of drug-likeness (QED) is 0.0393. The monoisotopic (exact) mass is 664 g/mol. The summed E-state index contributed by atoms with van der Waals surface area (Å²) in [5, 5.41) is 33.1. The van der Waals surface area contributed by atoms with Crippen LogP contribution in [0.15, 0.2) is 24.3 Å². The molecule has 0 aromatic carbocycles. The van der Waals surface area contributed by atoms with Gasteiger partial charge in [-0.3, -0.25) is 4.79 Å². The predicted octanol–water partition coefficient (Wildman–Crippen LogP) is 11.4. The fourth-order valence-corrected chi connectivity index (χ4v) is 6.34. The summed E-state index contributed by atoms with van der Waals surface area (Å²) in [6, 6.07) is -0.686. The van der Waals surface area contributed by atoms with Crippen molar-refractivity contribution in [2.45, 2.75) is 231 Å². The molecule has 0 aliphatic carbocycles. The van der Waals surface area contributed by atoms with E-state index in [1.54, 1.807) is 6.08 Å². The second kappa shape index (κ2) is 37.6. The molecule has 0 fully saturated rings. The molecule has 3 unspecified atom stereocenters. The van der Waals surface area contributed by atoms with Gasteiger partial charge in [0.05, 0.1) is 31.3 Å². The second-order valence-electron chi connectivity index (χ2n) is 14.2. The standard InChI is InChI=1S/C42H81NO4/c1-3-5-7-9-11-13-15-16-17-18-19-20-21-22-23-24-26-28-30-32-34-36-41(46)40(38-44)43-42(47)37-39(45)35-33-31-29-27-25-14-12-10-8-6-4-2/h27,29,33,35,39-41,44-46H,3-26,28,30-32,34,36-38H2,1-2H3,(H,43,47)/b29-27-,35-33-. The highest BCUT2D eigenvalue weighted by atomic mass is 16.3. The summed E-state index contributed by atoms with van der Waals surface area (Å²) in [6.45, 7) is 4.22. The van der Waals surface area contributed by atoms with E-state index < -0.39 is 18.2 Å². The molecule has 0 rings (SSSR count). The molecule has 0 saturated heterocycles. The maximum absolute atomic E-state index is 12.4. The van der Waals surface area contributed by atoms with Gasteiger partial charge < -0.3 is 20.6 Å². The topological polar surface area (TPSA) is 89.8 Å². The molecule has 3 atom stereocenters. The highest BCUT2D eigenvalue weighted by Gasteiger charge is 2.21. The van der Waals surface area contributed by atoms with Crippen molar-refractivity contribution in [1.82, 2.24) is 5.32 Å². The summed E-state index contributed by atoms with van der Waals surface area (Å²) < 4.78 is 0. The van der Waals surface area contributed by atoms with Crippen molar-refractivity contribution in [3.05, 3.63) is 24.3 Å². The van der Waals surface area contributed by atoms with Gasteiger partial charge in [-0.05, 0) is 25.7 Å². The second-order valence-corrected chi connectivity index (χ2v) is 14.2. The van der Waals surface area contributed by atoms with E-state index in [-0.39, 0.29) is 18.9 Å². The van der Waals surface area contributed by atoms with Gasteiger partial charge in [-0.25, -0.2) is 0 Å². The Morgan fingerprint density at radius 1 is 0.553 bits per heavy atom. The van der Waals surface area contributed by atoms with Gasteiger partial charge >= 0.3 is 0 Å². The third kappa shape index (κ3) is 34.5. The number of amides is 1. The van der Waals surface area contributed by atoms with E-state index in [2.05, 4.69) is 31.3 Å². The van der Waals surface area contributed by atoms with E-state index >= 15 is 0 Å². The number of hydrogen-bond donors (Lipinski definition) is 4. The van der Waals surface area contributed by atoms with Gasteiger partial charge in [0, 0.05) is 0 Å². The Morgan fingerprint density at radius 3 is 1.38 bits per heavy atom. The van der Waals surface area contributed by atoms with Crippen LogP contribution in [0.2, 0.25) is 0 Å². The molecule has 0 heterocycles. The molecule has 0 saturated carbocycles. The molecule has 0 radical (unpaired) electrons. The fourth-order valence-electron chi connectivity index (χ4n) is 6.34. The Morgan fingerprint density at radius 2 is 0.957 bits per heavy atom. The average molecular weight is 664 g/mol. The normalized spacial score (nSPS) is 13.9. The van der Waals surface area contributed by atoms with Crippen LogP contribution in [0.4, 0.5) is 0 Å². The zero-order chi connectivity index (χ0) is 34.5. The summed E-state index contributed by atoms with van der Waals surface area (Å²) in [5.74, 6) is -0.349. The molecule has 5 nitrogen and oxygen atoms in total. The Labute approximate surface area is 292 Å². The lowest BCUT2D eigenvalue weighted by molar-refractivity contribution is -0.124. The highest BCUT2D eigenvalue weighted by Crippen LogP contribution is 2.16. The summed E-state index contributed by atoms with van der Waals surface area (Å²) in [6.07, 6.45) is 44.5. The number of nitrogens with one attached hydrogen (secondary N) is 1. The highest BCUT2D eigenvalue weighted by molar-refractivity contribution is 5.77. The smallest absolute Gasteiger partial charge is 0.223 e. The maximum Gasteiger partial charge on any atom is 0.223 e. The molecule has 0 aromatic heterocycles. The van der Waals surface area contributed by atoms with Crippen molar-refractivity contribution < 1.29 is 20.1 Å². The zero-order valence-electron chi connectivity index (χ0n) is 31.4. The van der Waals surface area contributed by atoms with Crippen LogP contribution in [-0.4, -0.2) is 46.1 Å². The number of allylic oxidation sites excluding steroid dienone is 3. The first kappa shape index (κ1) is 45.8. The van der Waals surface area contributed by atoms with Crippen LogP contribution in [-0.2, 0) is 4.79 Å². The van der Waals surface area contributed by atoms with Crippen molar-refractivity contribution in [1.29, 1.82) is 0 Å². The molecular formula is C42H81NO4. The number of rotatable bonds is 37. The minimum atomic E-state index is -0.868. The van der Waals surface area contributed by atoms with Gasteiger partial charge in [0.2, 0.25) is 5.91 Å². The Hall–Kier alpha value is -1.17. The third-order valence-corrected chi connectivity index (χ3v) is 9.53. The molecule has 0 aromatic rings. The largest absolute Gasteiger partial charge is 0.394 e. The Bertz CT molecular complexity index is 694. The van der Waals surface area contributed by atoms with E-state index in [0.717, 1.165) is 25.7 Å². The van der Waals surface area contributed by atoms with Gasteiger partial charge in [-0.1, -0.05) is 205 Å². The molecule has 47 heavy (non-hydrogen) atoms. The molecule has 1 amide bonds. The van der Waals surface area contributed by atoms with Crippen molar-refractivity contribution in [2.24, 2.45) is 0 Å². The number of unbranched alkanes of at least 4 members (excludes halogenated alkanes) is 26. The summed E-state index contributed by atoms with van der Waals surface area (Å²) in [4.78, 5) is 12.4. The fraction of sp³-hybridized carbons (Fsp3) is 0.881. The van der Waals surface area contributed by atoms with E-state index in [1.807, 2.05) is 6.08 Å². The van der Waals surface area contributed by atoms with Crippen LogP contribution in [0.1, 0.15) is 213 Å². The first-order valence-corrected chi connectivity index (χ1v) is 20.6. The van der Waals surface area contributed by atoms with E-state index in [0.29, 0.717) is 6.42 Å². The predicted molar refractivity (Wildman–Crippen MR) is 204 cm³/mol. The first-order valence-electron chi connectivity index (χ1n) is 20.6. The van der Waals surface area contributed by atoms with Crippen LogP contribution >= 0.6 is 0 Å². The summed E-state index contributed by atoms with van der Waals surface area (Å²) in [5.41, 5.74) is 0. The van der Waals surface area contributed by atoms with Gasteiger partial charge in [0.1, 0.15) is 0 Å². The first-order chi connectivity index (χ1) is 23.0. The minimum Gasteiger partial charge on any atom is -0.394 e. The van der Waals surface area contributed by atoms with E-state index in [9.17, 15) is 20.1 Å².